The molecule has 0 heterocycles. The van der Waals surface area contributed by atoms with Gasteiger partial charge in [0.15, 0.2) is 0 Å². The average molecular weight is 461 g/mol. The highest BCUT2D eigenvalue weighted by Gasteiger charge is 1.98. The summed E-state index contributed by atoms with van der Waals surface area (Å²) in [5.41, 5.74) is 4.07. The van der Waals surface area contributed by atoms with E-state index in [9.17, 15) is 0 Å². The number of benzene rings is 4. The summed E-state index contributed by atoms with van der Waals surface area (Å²) in [4.78, 5) is 0. The molecule has 0 aliphatic heterocycles. The second-order valence-electron chi connectivity index (χ2n) is 7.60. The zero-order valence-corrected chi connectivity index (χ0v) is 20.4. The van der Waals surface area contributed by atoms with E-state index in [4.69, 9.17) is 20.4 Å². The minimum absolute atomic E-state index is 0.257. The molecule has 0 amide bonds. The Morgan fingerprint density at radius 1 is 0.324 bits per heavy atom. The molecule has 4 N–H and O–H groups in total. The van der Waals surface area contributed by atoms with Crippen LogP contribution in [0.1, 0.15) is 40.5 Å². The van der Waals surface area contributed by atoms with Crippen molar-refractivity contribution >= 4 is 0 Å². The van der Waals surface area contributed by atoms with Crippen molar-refractivity contribution in [2.45, 2.75) is 40.5 Å². The lowest BCUT2D eigenvalue weighted by molar-refractivity contribution is 0.474. The maximum atomic E-state index is 9.11. The van der Waals surface area contributed by atoms with Crippen LogP contribution in [0, 0.1) is 0 Å². The van der Waals surface area contributed by atoms with Gasteiger partial charge in [0.05, 0.1) is 0 Å². The summed E-state index contributed by atoms with van der Waals surface area (Å²) in [7, 11) is 0. The van der Waals surface area contributed by atoms with E-state index in [0.717, 1.165) is 22.3 Å². The molecular weight excluding hydrogens is 424 g/mol. The van der Waals surface area contributed by atoms with Gasteiger partial charge in [-0.15, -0.1) is 0 Å². The second kappa shape index (κ2) is 15.8. The molecule has 0 aliphatic rings. The van der Waals surface area contributed by atoms with Crippen molar-refractivity contribution in [2.24, 2.45) is 0 Å². The zero-order valence-electron chi connectivity index (χ0n) is 20.4. The number of rotatable bonds is 2. The summed E-state index contributed by atoms with van der Waals surface area (Å²) in [6.45, 7) is 8.50. The van der Waals surface area contributed by atoms with E-state index < -0.39 is 0 Å². The molecule has 0 unspecified atom stereocenters. The van der Waals surface area contributed by atoms with Crippen molar-refractivity contribution < 1.29 is 20.4 Å². The molecule has 0 bridgehead atoms. The molecular formula is C30H36O4. The molecule has 0 fully saturated rings. The highest BCUT2D eigenvalue weighted by atomic mass is 16.3. The Morgan fingerprint density at radius 3 is 0.559 bits per heavy atom. The molecule has 0 aromatic heterocycles. The molecule has 0 saturated heterocycles. The third-order valence-corrected chi connectivity index (χ3v) is 4.14. The molecule has 4 aromatic rings. The van der Waals surface area contributed by atoms with Crippen molar-refractivity contribution in [1.82, 2.24) is 0 Å². The predicted molar refractivity (Wildman–Crippen MR) is 142 cm³/mol. The third kappa shape index (κ3) is 10.6. The lowest BCUT2D eigenvalue weighted by Crippen LogP contribution is -1.75. The van der Waals surface area contributed by atoms with Gasteiger partial charge in [-0.2, -0.15) is 0 Å². The van der Waals surface area contributed by atoms with Gasteiger partial charge in [0.1, 0.15) is 23.0 Å². The topological polar surface area (TPSA) is 80.9 Å². The van der Waals surface area contributed by atoms with Crippen molar-refractivity contribution in [3.05, 3.63) is 97.1 Å². The molecule has 0 atom stereocenters. The summed E-state index contributed by atoms with van der Waals surface area (Å²) in [5.74, 6) is 1.03. The summed E-state index contributed by atoms with van der Waals surface area (Å²) in [6, 6.07) is 27.8. The van der Waals surface area contributed by atoms with Crippen LogP contribution in [0.4, 0.5) is 0 Å². The number of phenolic OH excluding ortho intramolecular Hbond substituents is 4. The van der Waals surface area contributed by atoms with Crippen molar-refractivity contribution in [3.63, 3.8) is 0 Å². The van der Waals surface area contributed by atoms with Gasteiger partial charge in [0.2, 0.25) is 0 Å². The van der Waals surface area contributed by atoms with Crippen molar-refractivity contribution in [1.29, 1.82) is 0 Å². The lowest BCUT2D eigenvalue weighted by Gasteiger charge is -2.01. The molecule has 0 saturated carbocycles. The van der Waals surface area contributed by atoms with Gasteiger partial charge in [-0.25, -0.2) is 0 Å². The first-order chi connectivity index (χ1) is 16.3. The first kappa shape index (κ1) is 28.1. The first-order valence-corrected chi connectivity index (χ1v) is 11.5. The maximum absolute atomic E-state index is 9.11. The number of aromatic hydroxyl groups is 4. The van der Waals surface area contributed by atoms with Gasteiger partial charge in [-0.3, -0.25) is 0 Å². The van der Waals surface area contributed by atoms with Crippen LogP contribution in [-0.4, -0.2) is 20.4 Å². The van der Waals surface area contributed by atoms with Crippen LogP contribution >= 0.6 is 0 Å². The second-order valence-corrected chi connectivity index (χ2v) is 7.60. The zero-order chi connectivity index (χ0) is 25.3. The van der Waals surface area contributed by atoms with Crippen LogP contribution in [0.3, 0.4) is 0 Å². The Balaban J connectivity index is 0.000000277. The Kier molecular flexibility index (Phi) is 13.1. The van der Waals surface area contributed by atoms with Gasteiger partial charge >= 0.3 is 0 Å². The Labute approximate surface area is 203 Å². The monoisotopic (exact) mass is 460 g/mol. The van der Waals surface area contributed by atoms with Gasteiger partial charge in [0, 0.05) is 0 Å². The number of hydrogen-bond donors (Lipinski definition) is 4. The molecule has 4 heteroatoms. The van der Waals surface area contributed by atoms with Crippen LogP contribution in [0.2, 0.25) is 0 Å². The van der Waals surface area contributed by atoms with Crippen LogP contribution in [0.15, 0.2) is 97.1 Å². The van der Waals surface area contributed by atoms with E-state index in [1.54, 1.807) is 48.5 Å². The van der Waals surface area contributed by atoms with Gasteiger partial charge < -0.3 is 20.4 Å². The summed E-state index contributed by atoms with van der Waals surface area (Å²) < 4.78 is 0. The Hall–Kier alpha value is -3.92. The van der Waals surface area contributed by atoms with Gasteiger partial charge in [-0.05, 0) is 70.8 Å². The minimum Gasteiger partial charge on any atom is -0.508 e. The van der Waals surface area contributed by atoms with Crippen LogP contribution in [0.25, 0.3) is 22.3 Å². The molecule has 0 aliphatic carbocycles. The minimum atomic E-state index is 0.257. The number of hydrogen-bond acceptors (Lipinski definition) is 4. The standard InChI is InChI=1S/2C12H10O2.2C3H8/c2*13-11-5-1-9(2-6-11)10-3-7-12(14)8-4-10;2*1-3-2/h2*1-8,13-14H;2*3H2,1-2H3. The molecule has 34 heavy (non-hydrogen) atoms. The van der Waals surface area contributed by atoms with Crippen LogP contribution < -0.4 is 0 Å². The van der Waals surface area contributed by atoms with E-state index >= 15 is 0 Å². The highest BCUT2D eigenvalue weighted by molar-refractivity contribution is 5.65. The van der Waals surface area contributed by atoms with E-state index in [0.29, 0.717) is 0 Å². The molecule has 4 rings (SSSR count). The highest BCUT2D eigenvalue weighted by Crippen LogP contribution is 2.24. The summed E-state index contributed by atoms with van der Waals surface area (Å²) in [6.07, 6.45) is 2.50. The van der Waals surface area contributed by atoms with E-state index in [2.05, 4.69) is 27.7 Å². The van der Waals surface area contributed by atoms with Crippen molar-refractivity contribution in [2.75, 3.05) is 0 Å². The third-order valence-electron chi connectivity index (χ3n) is 4.14. The van der Waals surface area contributed by atoms with E-state index in [1.807, 2.05) is 48.5 Å². The molecule has 0 radical (unpaired) electrons. The Morgan fingerprint density at radius 2 is 0.441 bits per heavy atom. The first-order valence-electron chi connectivity index (χ1n) is 11.5. The summed E-state index contributed by atoms with van der Waals surface area (Å²) >= 11 is 0. The van der Waals surface area contributed by atoms with Crippen molar-refractivity contribution in [3.8, 4) is 45.3 Å². The molecule has 180 valence electrons. The summed E-state index contributed by atoms with van der Waals surface area (Å²) in [5, 5.41) is 36.4. The quantitative estimate of drug-likeness (QED) is 0.242. The fourth-order valence-electron chi connectivity index (χ4n) is 2.62. The van der Waals surface area contributed by atoms with Crippen LogP contribution in [0.5, 0.6) is 23.0 Å². The molecule has 4 nitrogen and oxygen atoms in total. The van der Waals surface area contributed by atoms with Crippen LogP contribution in [-0.2, 0) is 0 Å². The fraction of sp³-hybridized carbons (Fsp3) is 0.200. The predicted octanol–water partition coefficient (Wildman–Crippen LogP) is 8.36. The smallest absolute Gasteiger partial charge is 0.115 e. The largest absolute Gasteiger partial charge is 0.508 e. The molecule has 0 spiro atoms. The lowest BCUT2D eigenvalue weighted by atomic mass is 10.1. The van der Waals surface area contributed by atoms with Gasteiger partial charge in [-0.1, -0.05) is 89.1 Å². The normalized spacial score (nSPS) is 9.29. The Bertz CT molecular complexity index is 861. The van der Waals surface area contributed by atoms with E-state index in [1.165, 1.54) is 12.8 Å². The molecule has 4 aromatic carbocycles. The average Bonchev–Trinajstić information content (AvgIpc) is 2.83. The number of phenols is 4. The SMILES string of the molecule is CCC.CCC.Oc1ccc(-c2ccc(O)cc2)cc1.Oc1ccc(-c2ccc(O)cc2)cc1. The fourth-order valence-corrected chi connectivity index (χ4v) is 2.62. The van der Waals surface area contributed by atoms with E-state index in [-0.39, 0.29) is 23.0 Å². The maximum Gasteiger partial charge on any atom is 0.115 e. The van der Waals surface area contributed by atoms with Gasteiger partial charge in [0.25, 0.3) is 0 Å².